The number of hydrogen-bond acceptors (Lipinski definition) is 3. The molecule has 5 nitrogen and oxygen atoms in total. The number of nitrogens with one attached hydrogen (secondary N) is 2. The molecular weight excluding hydrogens is 508 g/mol. The van der Waals surface area contributed by atoms with Gasteiger partial charge >= 0.3 is 0 Å². The molecule has 41 heavy (non-hydrogen) atoms. The Morgan fingerprint density at radius 2 is 1.51 bits per heavy atom. The van der Waals surface area contributed by atoms with Gasteiger partial charge in [0.1, 0.15) is 0 Å². The van der Waals surface area contributed by atoms with Gasteiger partial charge in [-0.15, -0.1) is 0 Å². The lowest BCUT2D eigenvalue weighted by atomic mass is 9.78. The Bertz CT molecular complexity index is 1940. The molecule has 6 rings (SSSR count). The molecule has 204 valence electrons. The summed E-state index contributed by atoms with van der Waals surface area (Å²) < 4.78 is 0. The molecule has 4 aromatic carbocycles. The van der Waals surface area contributed by atoms with Gasteiger partial charge in [-0.05, 0) is 99.7 Å². The number of hydrogen-bond donors (Lipinski definition) is 2. The summed E-state index contributed by atoms with van der Waals surface area (Å²) in [6.45, 7) is 5.56. The van der Waals surface area contributed by atoms with Crippen LogP contribution in [0.4, 0.5) is 5.69 Å². The number of amides is 2. The molecular formula is C36H32N2O3. The Labute approximate surface area is 238 Å². The molecule has 2 aliphatic carbocycles. The van der Waals surface area contributed by atoms with E-state index < -0.39 is 0 Å². The lowest BCUT2D eigenvalue weighted by molar-refractivity contribution is -0.119. The second-order valence-corrected chi connectivity index (χ2v) is 11.0. The van der Waals surface area contributed by atoms with Crippen LogP contribution in [-0.4, -0.2) is 17.6 Å². The molecule has 0 radical (unpaired) electrons. The van der Waals surface area contributed by atoms with Crippen LogP contribution in [0.1, 0.15) is 63.7 Å². The van der Waals surface area contributed by atoms with Gasteiger partial charge in [-0.25, -0.2) is 0 Å². The third-order valence-electron chi connectivity index (χ3n) is 8.27. The smallest absolute Gasteiger partial charge is 0.255 e. The molecule has 0 aliphatic heterocycles. The van der Waals surface area contributed by atoms with Crippen LogP contribution < -0.4 is 21.1 Å². The molecule has 0 aromatic heterocycles. The maximum atomic E-state index is 14.0. The van der Waals surface area contributed by atoms with Crippen LogP contribution >= 0.6 is 0 Å². The lowest BCUT2D eigenvalue weighted by Crippen LogP contribution is -2.34. The van der Waals surface area contributed by atoms with Crippen molar-refractivity contribution in [1.82, 2.24) is 5.32 Å². The molecule has 0 fully saturated rings. The number of benzene rings is 4. The largest absolute Gasteiger partial charge is 0.346 e. The fourth-order valence-corrected chi connectivity index (χ4v) is 6.26. The van der Waals surface area contributed by atoms with Gasteiger partial charge in [0.25, 0.3) is 5.91 Å². The van der Waals surface area contributed by atoms with Gasteiger partial charge in [0, 0.05) is 29.3 Å². The first-order chi connectivity index (χ1) is 19.8. The highest BCUT2D eigenvalue weighted by Crippen LogP contribution is 2.31. The molecule has 2 amide bonds. The van der Waals surface area contributed by atoms with Crippen molar-refractivity contribution >= 4 is 34.9 Å². The van der Waals surface area contributed by atoms with Gasteiger partial charge in [-0.1, -0.05) is 61.5 Å². The standard InChI is InChI=1S/C36H32N2O3/c1-21-8-4-6-10-27(21)36(41)38-26-15-13-24(14-16-26)35(40)33-22(2)12-17-31-30(33)19-18-29-28-11-7-5-9-25(28)20-32(34(29)31)37-23(3)39/h4-11,13-16,18-20,22,32H,12,17H2,1-3H3,(H,37,39)(H,38,41). The van der Waals surface area contributed by atoms with Crippen LogP contribution in [0.3, 0.4) is 0 Å². The van der Waals surface area contributed by atoms with Crippen LogP contribution in [-0.2, 0) is 11.2 Å². The summed E-state index contributed by atoms with van der Waals surface area (Å²) >= 11 is 0. The van der Waals surface area contributed by atoms with Gasteiger partial charge in [0.15, 0.2) is 5.78 Å². The van der Waals surface area contributed by atoms with Crippen molar-refractivity contribution in [2.75, 3.05) is 5.32 Å². The summed E-state index contributed by atoms with van der Waals surface area (Å²) in [5.41, 5.74) is 5.77. The summed E-state index contributed by atoms with van der Waals surface area (Å²) in [7, 11) is 0. The molecule has 2 atom stereocenters. The van der Waals surface area contributed by atoms with Crippen molar-refractivity contribution in [2.24, 2.45) is 5.92 Å². The summed E-state index contributed by atoms with van der Waals surface area (Å²) in [6.07, 6.45) is 3.80. The summed E-state index contributed by atoms with van der Waals surface area (Å²) in [6, 6.07) is 26.7. The minimum atomic E-state index is -0.256. The molecule has 2 N–H and O–H groups in total. The third kappa shape index (κ3) is 4.89. The van der Waals surface area contributed by atoms with E-state index in [2.05, 4.69) is 47.9 Å². The van der Waals surface area contributed by atoms with Gasteiger partial charge in [0.2, 0.25) is 5.91 Å². The quantitative estimate of drug-likeness (QED) is 0.345. The van der Waals surface area contributed by atoms with E-state index in [1.165, 1.54) is 0 Å². The molecule has 0 bridgehead atoms. The van der Waals surface area contributed by atoms with Crippen molar-refractivity contribution < 1.29 is 14.4 Å². The van der Waals surface area contributed by atoms with E-state index in [9.17, 15) is 14.4 Å². The monoisotopic (exact) mass is 540 g/mol. The Morgan fingerprint density at radius 3 is 2.27 bits per heavy atom. The van der Waals surface area contributed by atoms with Crippen molar-refractivity contribution in [1.29, 1.82) is 0 Å². The van der Waals surface area contributed by atoms with E-state index in [0.29, 0.717) is 16.8 Å². The summed E-state index contributed by atoms with van der Waals surface area (Å²) in [4.78, 5) is 38.9. The van der Waals surface area contributed by atoms with Gasteiger partial charge in [-0.3, -0.25) is 14.4 Å². The molecule has 5 heteroatoms. The van der Waals surface area contributed by atoms with Gasteiger partial charge in [0.05, 0.1) is 6.04 Å². The number of carbonyl (C=O) groups excluding carboxylic acids is 3. The first-order valence-electron chi connectivity index (χ1n) is 14.1. The van der Waals surface area contributed by atoms with Crippen molar-refractivity contribution in [3.63, 3.8) is 0 Å². The highest BCUT2D eigenvalue weighted by atomic mass is 16.2. The third-order valence-corrected chi connectivity index (χ3v) is 8.27. The van der Waals surface area contributed by atoms with E-state index in [4.69, 9.17) is 0 Å². The Kier molecular flexibility index (Phi) is 6.88. The van der Waals surface area contributed by atoms with E-state index in [0.717, 1.165) is 56.0 Å². The minimum absolute atomic E-state index is 0.00792. The Hall–Kier alpha value is -4.77. The second-order valence-electron chi connectivity index (χ2n) is 11.0. The zero-order valence-electron chi connectivity index (χ0n) is 23.5. The predicted molar refractivity (Wildman–Crippen MR) is 162 cm³/mol. The number of anilines is 1. The Morgan fingerprint density at radius 1 is 0.805 bits per heavy atom. The molecule has 0 saturated carbocycles. The molecule has 0 heterocycles. The summed E-state index contributed by atoms with van der Waals surface area (Å²) in [5.74, 6) is -0.185. The first-order valence-corrected chi connectivity index (χ1v) is 14.1. The maximum Gasteiger partial charge on any atom is 0.255 e. The van der Waals surface area contributed by atoms with E-state index in [1.54, 1.807) is 37.3 Å². The fraction of sp³-hybridized carbons (Fsp3) is 0.194. The van der Waals surface area contributed by atoms with E-state index in [-0.39, 0.29) is 29.6 Å². The number of fused-ring (bicyclic) bond motifs is 4. The van der Waals surface area contributed by atoms with Crippen molar-refractivity contribution in [3.8, 4) is 0 Å². The topological polar surface area (TPSA) is 75.3 Å². The number of ketones is 1. The zero-order valence-corrected chi connectivity index (χ0v) is 23.5. The Balaban J connectivity index is 1.41. The first kappa shape index (κ1) is 26.5. The van der Waals surface area contributed by atoms with Crippen LogP contribution in [0.5, 0.6) is 0 Å². The highest BCUT2D eigenvalue weighted by molar-refractivity contribution is 6.25. The van der Waals surface area contributed by atoms with E-state index in [1.807, 2.05) is 37.3 Å². The molecule has 0 spiro atoms. The fourth-order valence-electron chi connectivity index (χ4n) is 6.26. The SMILES string of the molecule is CC(=O)NC1C=c2ccccc2=c2ccc3c(c21)CCC(C)C=3C(=O)c1ccc(NC(=O)c2ccccc2C)cc1. The summed E-state index contributed by atoms with van der Waals surface area (Å²) in [5, 5.41) is 10.4. The average molecular weight is 541 g/mol. The molecule has 0 saturated heterocycles. The minimum Gasteiger partial charge on any atom is -0.346 e. The maximum absolute atomic E-state index is 14.0. The normalized spacial score (nSPS) is 16.9. The second kappa shape index (κ2) is 10.7. The number of rotatable bonds is 5. The zero-order chi connectivity index (χ0) is 28.7. The number of Topliss-reactive ketones (excluding diaryl/α,β-unsaturated/α-hetero) is 1. The lowest BCUT2D eigenvalue weighted by Gasteiger charge is -2.28. The average Bonchev–Trinajstić information content (AvgIpc) is 2.96. The van der Waals surface area contributed by atoms with Crippen molar-refractivity contribution in [2.45, 2.75) is 39.7 Å². The molecule has 2 unspecified atom stereocenters. The number of carbonyl (C=O) groups is 3. The van der Waals surface area contributed by atoms with Crippen LogP contribution in [0.15, 0.2) is 84.9 Å². The van der Waals surface area contributed by atoms with Gasteiger partial charge in [-0.2, -0.15) is 0 Å². The van der Waals surface area contributed by atoms with Crippen LogP contribution in [0.2, 0.25) is 0 Å². The van der Waals surface area contributed by atoms with Crippen molar-refractivity contribution in [3.05, 3.63) is 134 Å². The van der Waals surface area contributed by atoms with Crippen LogP contribution in [0, 0.1) is 23.3 Å². The van der Waals surface area contributed by atoms with Gasteiger partial charge < -0.3 is 10.6 Å². The molecule has 4 aromatic rings. The molecule has 2 aliphatic rings. The highest BCUT2D eigenvalue weighted by Gasteiger charge is 2.28. The predicted octanol–water partition coefficient (Wildman–Crippen LogP) is 5.12. The number of aryl methyl sites for hydroxylation is 1. The van der Waals surface area contributed by atoms with Crippen LogP contribution in [0.25, 0.3) is 11.6 Å². The van der Waals surface area contributed by atoms with E-state index >= 15 is 0 Å².